The van der Waals surface area contributed by atoms with Crippen LogP contribution >= 0.6 is 0 Å². The molecular formula is C15H24O6. The highest BCUT2D eigenvalue weighted by Gasteiger charge is 2.48. The molecule has 2 saturated heterocycles. The molecule has 0 saturated carbocycles. The molecule has 0 unspecified atom stereocenters. The van der Waals surface area contributed by atoms with Crippen LogP contribution in [0.5, 0.6) is 0 Å². The van der Waals surface area contributed by atoms with E-state index in [1.165, 1.54) is 6.08 Å². The van der Waals surface area contributed by atoms with Gasteiger partial charge in [-0.25, -0.2) is 4.79 Å². The highest BCUT2D eigenvalue weighted by Crippen LogP contribution is 2.35. The lowest BCUT2D eigenvalue weighted by Crippen LogP contribution is -2.37. The predicted octanol–water partition coefficient (Wildman–Crippen LogP) is 1.78. The molecule has 0 aromatic heterocycles. The van der Waals surface area contributed by atoms with Crippen molar-refractivity contribution in [1.82, 2.24) is 0 Å². The molecule has 120 valence electrons. The second kappa shape index (κ2) is 6.04. The zero-order chi connectivity index (χ0) is 15.7. The van der Waals surface area contributed by atoms with E-state index in [0.717, 1.165) is 0 Å². The Labute approximate surface area is 125 Å². The van der Waals surface area contributed by atoms with Crippen LogP contribution < -0.4 is 0 Å². The molecule has 0 N–H and O–H groups in total. The van der Waals surface area contributed by atoms with Crippen molar-refractivity contribution in [1.29, 1.82) is 0 Å². The number of hydrogen-bond acceptors (Lipinski definition) is 6. The third-order valence-corrected chi connectivity index (χ3v) is 3.27. The van der Waals surface area contributed by atoms with E-state index < -0.39 is 17.5 Å². The average Bonchev–Trinajstić information content (AvgIpc) is 2.86. The van der Waals surface area contributed by atoms with Crippen molar-refractivity contribution in [2.75, 3.05) is 13.2 Å². The number of carbonyl (C=O) groups excluding carboxylic acids is 1. The first-order valence-electron chi connectivity index (χ1n) is 7.25. The molecule has 0 amide bonds. The molecule has 0 aromatic rings. The normalized spacial score (nSPS) is 34.4. The molecule has 6 nitrogen and oxygen atoms in total. The fourth-order valence-corrected chi connectivity index (χ4v) is 2.49. The summed E-state index contributed by atoms with van der Waals surface area (Å²) in [6, 6.07) is 0. The number of rotatable bonds is 4. The molecule has 2 aliphatic heterocycles. The summed E-state index contributed by atoms with van der Waals surface area (Å²) < 4.78 is 28.0. The third kappa shape index (κ3) is 4.26. The van der Waals surface area contributed by atoms with Gasteiger partial charge >= 0.3 is 5.97 Å². The van der Waals surface area contributed by atoms with Crippen LogP contribution in [-0.4, -0.2) is 49.1 Å². The van der Waals surface area contributed by atoms with Gasteiger partial charge in [-0.3, -0.25) is 0 Å². The average molecular weight is 300 g/mol. The number of hydrogen-bond donors (Lipinski definition) is 0. The van der Waals surface area contributed by atoms with Gasteiger partial charge in [0.15, 0.2) is 11.6 Å². The first-order chi connectivity index (χ1) is 9.72. The summed E-state index contributed by atoms with van der Waals surface area (Å²) in [5.41, 5.74) is 0. The van der Waals surface area contributed by atoms with Crippen LogP contribution in [0.15, 0.2) is 12.2 Å². The standard InChI is InChI=1S/C15H24O6/c1-6-17-12(16)8-7-10-13(21-15(4,5)19-10)11-9-18-14(2,3)20-11/h7-8,10-11,13H,6,9H2,1-5H3/b8-7+/t10-,11+,13+/m1/s1. The zero-order valence-corrected chi connectivity index (χ0v) is 13.3. The van der Waals surface area contributed by atoms with E-state index in [0.29, 0.717) is 13.2 Å². The molecule has 0 aliphatic carbocycles. The van der Waals surface area contributed by atoms with Gasteiger partial charge in [-0.15, -0.1) is 0 Å². The summed E-state index contributed by atoms with van der Waals surface area (Å²) in [5.74, 6) is -1.76. The number of esters is 1. The predicted molar refractivity (Wildman–Crippen MR) is 74.5 cm³/mol. The molecule has 6 heteroatoms. The Kier molecular flexibility index (Phi) is 4.72. The maximum Gasteiger partial charge on any atom is 0.330 e. The first kappa shape index (κ1) is 16.4. The van der Waals surface area contributed by atoms with Crippen molar-refractivity contribution < 1.29 is 28.5 Å². The fourth-order valence-electron chi connectivity index (χ4n) is 2.49. The largest absolute Gasteiger partial charge is 0.463 e. The van der Waals surface area contributed by atoms with Gasteiger partial charge in [0.1, 0.15) is 18.3 Å². The summed E-state index contributed by atoms with van der Waals surface area (Å²) in [7, 11) is 0. The molecule has 0 radical (unpaired) electrons. The van der Waals surface area contributed by atoms with E-state index in [1.54, 1.807) is 13.0 Å². The van der Waals surface area contributed by atoms with Gasteiger partial charge < -0.3 is 23.7 Å². The maximum absolute atomic E-state index is 11.4. The van der Waals surface area contributed by atoms with Crippen molar-refractivity contribution in [2.45, 2.75) is 64.5 Å². The maximum atomic E-state index is 11.4. The quantitative estimate of drug-likeness (QED) is 0.582. The lowest BCUT2D eigenvalue weighted by molar-refractivity contribution is -0.174. The van der Waals surface area contributed by atoms with E-state index in [2.05, 4.69) is 0 Å². The Morgan fingerprint density at radius 1 is 1.19 bits per heavy atom. The summed E-state index contributed by atoms with van der Waals surface area (Å²) >= 11 is 0. The Balaban J connectivity index is 2.05. The second-order valence-electron chi connectivity index (χ2n) is 6.04. The lowest BCUT2D eigenvalue weighted by atomic mass is 10.1. The minimum atomic E-state index is -0.732. The SMILES string of the molecule is CCOC(=O)/C=C/[C@H]1OC(C)(C)O[C@@H]1[C@@H]1COC(C)(C)O1. The van der Waals surface area contributed by atoms with Crippen LogP contribution in [0, 0.1) is 0 Å². The van der Waals surface area contributed by atoms with E-state index in [1.807, 2.05) is 27.7 Å². The molecule has 0 aromatic carbocycles. The van der Waals surface area contributed by atoms with E-state index in [4.69, 9.17) is 23.7 Å². The van der Waals surface area contributed by atoms with Crippen LogP contribution in [0.4, 0.5) is 0 Å². The van der Waals surface area contributed by atoms with E-state index >= 15 is 0 Å². The monoisotopic (exact) mass is 300 g/mol. The van der Waals surface area contributed by atoms with Crippen molar-refractivity contribution >= 4 is 5.97 Å². The molecule has 3 atom stereocenters. The smallest absolute Gasteiger partial charge is 0.330 e. The summed E-state index contributed by atoms with van der Waals surface area (Å²) in [6.45, 7) is 9.92. The van der Waals surface area contributed by atoms with Crippen LogP contribution in [0.1, 0.15) is 34.6 Å². The molecule has 2 rings (SSSR count). The Bertz CT molecular complexity index is 414. The van der Waals surface area contributed by atoms with Gasteiger partial charge in [0.25, 0.3) is 0 Å². The molecule has 0 spiro atoms. The minimum absolute atomic E-state index is 0.237. The van der Waals surface area contributed by atoms with E-state index in [-0.39, 0.29) is 18.3 Å². The van der Waals surface area contributed by atoms with Crippen LogP contribution in [0.25, 0.3) is 0 Å². The molecule has 0 bridgehead atoms. The van der Waals surface area contributed by atoms with Gasteiger partial charge in [-0.05, 0) is 40.7 Å². The first-order valence-corrected chi connectivity index (χ1v) is 7.25. The summed E-state index contributed by atoms with van der Waals surface area (Å²) in [6.07, 6.45) is 2.08. The number of ether oxygens (including phenoxy) is 5. The minimum Gasteiger partial charge on any atom is -0.463 e. The van der Waals surface area contributed by atoms with Gasteiger partial charge in [0.05, 0.1) is 13.2 Å². The van der Waals surface area contributed by atoms with Crippen molar-refractivity contribution in [3.63, 3.8) is 0 Å². The lowest BCUT2D eigenvalue weighted by Gasteiger charge is -2.22. The molecule has 2 fully saturated rings. The topological polar surface area (TPSA) is 63.2 Å². The summed E-state index contributed by atoms with van der Waals surface area (Å²) in [4.78, 5) is 11.4. The molecule has 21 heavy (non-hydrogen) atoms. The fraction of sp³-hybridized carbons (Fsp3) is 0.800. The molecule has 2 heterocycles. The van der Waals surface area contributed by atoms with Crippen LogP contribution in [-0.2, 0) is 28.5 Å². The molecular weight excluding hydrogens is 276 g/mol. The van der Waals surface area contributed by atoms with Gasteiger partial charge in [0.2, 0.25) is 0 Å². The van der Waals surface area contributed by atoms with Crippen molar-refractivity contribution in [3.8, 4) is 0 Å². The number of carbonyl (C=O) groups is 1. The third-order valence-electron chi connectivity index (χ3n) is 3.27. The van der Waals surface area contributed by atoms with Gasteiger partial charge in [-0.2, -0.15) is 0 Å². The Morgan fingerprint density at radius 3 is 2.48 bits per heavy atom. The Hall–Kier alpha value is -0.950. The zero-order valence-electron chi connectivity index (χ0n) is 13.3. The molecule has 2 aliphatic rings. The Morgan fingerprint density at radius 2 is 1.90 bits per heavy atom. The van der Waals surface area contributed by atoms with Gasteiger partial charge in [-0.1, -0.05) is 0 Å². The highest BCUT2D eigenvalue weighted by atomic mass is 16.8. The highest BCUT2D eigenvalue weighted by molar-refractivity contribution is 5.81. The van der Waals surface area contributed by atoms with Crippen molar-refractivity contribution in [3.05, 3.63) is 12.2 Å². The van der Waals surface area contributed by atoms with Crippen LogP contribution in [0.2, 0.25) is 0 Å². The van der Waals surface area contributed by atoms with Crippen LogP contribution in [0.3, 0.4) is 0 Å². The van der Waals surface area contributed by atoms with Crippen molar-refractivity contribution in [2.24, 2.45) is 0 Å². The summed E-state index contributed by atoms with van der Waals surface area (Å²) in [5, 5.41) is 0. The second-order valence-corrected chi connectivity index (χ2v) is 6.04. The van der Waals surface area contributed by atoms with E-state index in [9.17, 15) is 4.79 Å². The van der Waals surface area contributed by atoms with Gasteiger partial charge in [0, 0.05) is 6.08 Å².